The molecule has 0 bridgehead atoms. The molecule has 128 valence electrons. The second kappa shape index (κ2) is 6.36. The van der Waals surface area contributed by atoms with Crippen molar-refractivity contribution in [1.29, 1.82) is 0 Å². The average molecular weight is 334 g/mol. The molecular weight excluding hydrogens is 314 g/mol. The predicted molar refractivity (Wildman–Crippen MR) is 88.2 cm³/mol. The number of carbonyl (C=O) groups excluding carboxylic acids is 1. The van der Waals surface area contributed by atoms with E-state index in [4.69, 9.17) is 4.74 Å². The molecule has 24 heavy (non-hydrogen) atoms. The van der Waals surface area contributed by atoms with Crippen molar-refractivity contribution in [3.05, 3.63) is 47.9 Å². The lowest BCUT2D eigenvalue weighted by atomic mass is 9.87. The van der Waals surface area contributed by atoms with Crippen molar-refractivity contribution >= 4 is 16.8 Å². The smallest absolute Gasteiger partial charge is 0.253 e. The number of hydrogen-bond donors (Lipinski definition) is 1. The maximum Gasteiger partial charge on any atom is 0.253 e. The molecule has 4 nitrogen and oxygen atoms in total. The Bertz CT molecular complexity index is 800. The van der Waals surface area contributed by atoms with Gasteiger partial charge in [0, 0.05) is 37.7 Å². The minimum atomic E-state index is -1.16. The second-order valence-corrected chi connectivity index (χ2v) is 6.23. The van der Waals surface area contributed by atoms with E-state index >= 15 is 0 Å². The monoisotopic (exact) mass is 334 g/mol. The van der Waals surface area contributed by atoms with E-state index in [1.54, 1.807) is 23.9 Å². The molecule has 0 spiro atoms. The number of nitrogens with one attached hydrogen (secondary N) is 1. The van der Waals surface area contributed by atoms with Crippen LogP contribution < -0.4 is 5.32 Å². The Morgan fingerprint density at radius 1 is 1.46 bits per heavy atom. The minimum absolute atomic E-state index is 0.127. The van der Waals surface area contributed by atoms with Crippen molar-refractivity contribution in [3.63, 3.8) is 0 Å². The molecule has 3 rings (SSSR count). The third kappa shape index (κ3) is 2.94. The normalized spacial score (nSPS) is 24.3. The summed E-state index contributed by atoms with van der Waals surface area (Å²) >= 11 is 0. The number of nitrogens with zero attached hydrogens (tertiary/aromatic N) is 1. The highest BCUT2D eigenvalue weighted by molar-refractivity contribution is 6.07. The lowest BCUT2D eigenvalue weighted by molar-refractivity contribution is 0.0385. The van der Waals surface area contributed by atoms with E-state index in [1.165, 1.54) is 19.2 Å². The van der Waals surface area contributed by atoms with Crippen molar-refractivity contribution in [2.75, 3.05) is 7.11 Å². The number of alkyl halides is 1. The van der Waals surface area contributed by atoms with Crippen LogP contribution >= 0.6 is 0 Å². The first-order valence-electron chi connectivity index (χ1n) is 7.80. The highest BCUT2D eigenvalue weighted by Crippen LogP contribution is 2.28. The topological polar surface area (TPSA) is 43.3 Å². The Labute approximate surface area is 139 Å². The summed E-state index contributed by atoms with van der Waals surface area (Å²) in [6.07, 6.45) is 0.664. The molecule has 1 saturated carbocycles. The number of amides is 1. The number of rotatable bonds is 3. The van der Waals surface area contributed by atoms with Crippen molar-refractivity contribution < 1.29 is 18.3 Å². The van der Waals surface area contributed by atoms with Crippen molar-refractivity contribution in [2.45, 2.75) is 31.2 Å². The van der Waals surface area contributed by atoms with E-state index in [2.05, 4.69) is 11.9 Å². The number of benzene rings is 1. The minimum Gasteiger partial charge on any atom is -0.379 e. The third-order valence-electron chi connectivity index (χ3n) is 4.63. The largest absolute Gasteiger partial charge is 0.379 e. The van der Waals surface area contributed by atoms with Gasteiger partial charge >= 0.3 is 0 Å². The Morgan fingerprint density at radius 2 is 2.21 bits per heavy atom. The third-order valence-corrected chi connectivity index (χ3v) is 4.63. The molecule has 1 fully saturated rings. The molecule has 3 atom stereocenters. The molecule has 3 unspecified atom stereocenters. The fraction of sp³-hybridized carbons (Fsp3) is 0.389. The molecule has 1 aliphatic carbocycles. The number of halogens is 2. The van der Waals surface area contributed by atoms with E-state index < -0.39 is 18.0 Å². The summed E-state index contributed by atoms with van der Waals surface area (Å²) in [5, 5.41) is 3.36. The van der Waals surface area contributed by atoms with Gasteiger partial charge < -0.3 is 14.6 Å². The summed E-state index contributed by atoms with van der Waals surface area (Å²) in [6, 6.07) is 3.86. The Hall–Kier alpha value is -2.21. The van der Waals surface area contributed by atoms with E-state index in [1.807, 2.05) is 0 Å². The fourth-order valence-corrected chi connectivity index (χ4v) is 3.26. The number of ether oxygens (including phenoxy) is 1. The number of methoxy groups -OCH3 is 1. The van der Waals surface area contributed by atoms with Gasteiger partial charge in [0.05, 0.1) is 17.7 Å². The van der Waals surface area contributed by atoms with Gasteiger partial charge in [-0.1, -0.05) is 6.58 Å². The standard InChI is InChI=1S/C18H20F2N2O2/c1-10-6-17(24-3)15(8-14(10)20)21-18(23)13-9-22(2)16-5-4-11(19)7-12(13)16/h4-5,7,9,14-15,17H,1,6,8H2,2-3H3,(H,21,23). The quantitative estimate of drug-likeness (QED) is 0.877. The zero-order valence-electron chi connectivity index (χ0n) is 13.7. The van der Waals surface area contributed by atoms with Crippen LogP contribution in [-0.4, -0.2) is 35.9 Å². The number of aryl methyl sites for hydroxylation is 1. The zero-order valence-corrected chi connectivity index (χ0v) is 13.7. The maximum absolute atomic E-state index is 13.9. The molecule has 0 radical (unpaired) electrons. The summed E-state index contributed by atoms with van der Waals surface area (Å²) < 4.78 is 34.6. The van der Waals surface area contributed by atoms with Crippen LogP contribution in [0.1, 0.15) is 23.2 Å². The SMILES string of the molecule is C=C1CC(OC)C(NC(=O)c2cn(C)c3ccc(F)cc23)CC1F. The molecule has 1 heterocycles. The first kappa shape index (κ1) is 16.6. The lowest BCUT2D eigenvalue weighted by Crippen LogP contribution is -2.49. The molecule has 2 aromatic rings. The van der Waals surface area contributed by atoms with Gasteiger partial charge in [0.25, 0.3) is 5.91 Å². The van der Waals surface area contributed by atoms with Gasteiger partial charge in [0.15, 0.2) is 0 Å². The molecular formula is C18H20F2N2O2. The predicted octanol–water partition coefficient (Wildman–Crippen LogP) is 3.12. The summed E-state index contributed by atoms with van der Waals surface area (Å²) in [6.45, 7) is 3.71. The van der Waals surface area contributed by atoms with Crippen LogP contribution in [0.3, 0.4) is 0 Å². The van der Waals surface area contributed by atoms with Crippen LogP contribution in [0.4, 0.5) is 8.78 Å². The van der Waals surface area contributed by atoms with Gasteiger partial charge in [-0.3, -0.25) is 4.79 Å². The summed E-state index contributed by atoms with van der Waals surface area (Å²) in [5.41, 5.74) is 1.60. The van der Waals surface area contributed by atoms with Gasteiger partial charge in [0.2, 0.25) is 0 Å². The van der Waals surface area contributed by atoms with Gasteiger partial charge in [-0.15, -0.1) is 0 Å². The van der Waals surface area contributed by atoms with Crippen LogP contribution in [0.15, 0.2) is 36.5 Å². The molecule has 1 amide bonds. The van der Waals surface area contributed by atoms with Crippen LogP contribution in [-0.2, 0) is 11.8 Å². The average Bonchev–Trinajstić information content (AvgIpc) is 2.87. The van der Waals surface area contributed by atoms with Crippen molar-refractivity contribution in [3.8, 4) is 0 Å². The molecule has 0 aliphatic heterocycles. The number of carbonyl (C=O) groups is 1. The molecule has 1 N–H and O–H groups in total. The molecule has 1 aliphatic rings. The van der Waals surface area contributed by atoms with Crippen LogP contribution in [0.2, 0.25) is 0 Å². The highest BCUT2D eigenvalue weighted by atomic mass is 19.1. The zero-order chi connectivity index (χ0) is 17.4. The lowest BCUT2D eigenvalue weighted by Gasteiger charge is -2.34. The fourth-order valence-electron chi connectivity index (χ4n) is 3.26. The summed E-state index contributed by atoms with van der Waals surface area (Å²) in [7, 11) is 3.32. The Morgan fingerprint density at radius 3 is 2.92 bits per heavy atom. The molecule has 1 aromatic carbocycles. The van der Waals surface area contributed by atoms with Gasteiger partial charge in [-0.2, -0.15) is 0 Å². The van der Waals surface area contributed by atoms with Crippen LogP contribution in [0.25, 0.3) is 10.9 Å². The van der Waals surface area contributed by atoms with Gasteiger partial charge in [-0.05, 0) is 30.2 Å². The Kier molecular flexibility index (Phi) is 4.41. The van der Waals surface area contributed by atoms with E-state index in [0.717, 1.165) is 5.52 Å². The first-order chi connectivity index (χ1) is 11.4. The maximum atomic E-state index is 13.9. The summed E-state index contributed by atoms with van der Waals surface area (Å²) in [5.74, 6) is -0.770. The van der Waals surface area contributed by atoms with E-state index in [-0.39, 0.29) is 18.4 Å². The second-order valence-electron chi connectivity index (χ2n) is 6.23. The Balaban J connectivity index is 1.87. The summed E-state index contributed by atoms with van der Waals surface area (Å²) in [4.78, 5) is 12.7. The van der Waals surface area contributed by atoms with Crippen molar-refractivity contribution in [2.24, 2.45) is 7.05 Å². The van der Waals surface area contributed by atoms with E-state index in [0.29, 0.717) is 22.9 Å². The van der Waals surface area contributed by atoms with Crippen molar-refractivity contribution in [1.82, 2.24) is 9.88 Å². The van der Waals surface area contributed by atoms with Gasteiger partial charge in [0.1, 0.15) is 12.0 Å². The molecule has 0 saturated heterocycles. The first-order valence-corrected chi connectivity index (χ1v) is 7.80. The number of fused-ring (bicyclic) bond motifs is 1. The molecule has 6 heteroatoms. The highest BCUT2D eigenvalue weighted by Gasteiger charge is 2.34. The van der Waals surface area contributed by atoms with Crippen LogP contribution in [0.5, 0.6) is 0 Å². The van der Waals surface area contributed by atoms with Crippen LogP contribution in [0, 0.1) is 5.82 Å². The molecule has 1 aromatic heterocycles. The van der Waals surface area contributed by atoms with E-state index in [9.17, 15) is 13.6 Å². The number of hydrogen-bond acceptors (Lipinski definition) is 2. The van der Waals surface area contributed by atoms with Gasteiger partial charge in [-0.25, -0.2) is 8.78 Å². The number of aromatic nitrogens is 1.